The third-order valence-electron chi connectivity index (χ3n) is 2.49. The Kier molecular flexibility index (Phi) is 3.47. The molecule has 2 rings (SSSR count). The summed E-state index contributed by atoms with van der Waals surface area (Å²) in [6.07, 6.45) is 0. The molecular formula is C16H15N. The number of nitrogens with zero attached hydrogens (tertiary/aromatic N) is 1. The van der Waals surface area contributed by atoms with Gasteiger partial charge in [-0.25, -0.2) is 0 Å². The molecule has 1 heteroatoms. The van der Waals surface area contributed by atoms with Gasteiger partial charge in [0.15, 0.2) is 0 Å². The largest absolute Gasteiger partial charge is 0.378 e. The molecule has 0 aliphatic heterocycles. The van der Waals surface area contributed by atoms with E-state index in [1.54, 1.807) is 0 Å². The number of hydrogen-bond donors (Lipinski definition) is 0. The van der Waals surface area contributed by atoms with E-state index in [0.29, 0.717) is 0 Å². The van der Waals surface area contributed by atoms with Crippen molar-refractivity contribution in [3.63, 3.8) is 0 Å². The van der Waals surface area contributed by atoms with Crippen molar-refractivity contribution in [2.24, 2.45) is 0 Å². The van der Waals surface area contributed by atoms with Gasteiger partial charge in [-0.05, 0) is 30.3 Å². The van der Waals surface area contributed by atoms with Crippen LogP contribution in [0.15, 0.2) is 54.6 Å². The highest BCUT2D eigenvalue weighted by Gasteiger charge is 1.94. The Morgan fingerprint density at radius 1 is 0.765 bits per heavy atom. The quantitative estimate of drug-likeness (QED) is 0.669. The molecule has 0 radical (unpaired) electrons. The predicted molar refractivity (Wildman–Crippen MR) is 73.2 cm³/mol. The van der Waals surface area contributed by atoms with Gasteiger partial charge in [-0.2, -0.15) is 0 Å². The minimum atomic E-state index is 1.04. The van der Waals surface area contributed by atoms with E-state index >= 15 is 0 Å². The average Bonchev–Trinajstić information content (AvgIpc) is 2.38. The Morgan fingerprint density at radius 2 is 1.41 bits per heavy atom. The monoisotopic (exact) mass is 221 g/mol. The first-order chi connectivity index (χ1) is 8.25. The number of hydrogen-bond acceptors (Lipinski definition) is 1. The second-order valence-corrected chi connectivity index (χ2v) is 4.06. The molecule has 0 aromatic heterocycles. The topological polar surface area (TPSA) is 3.24 Å². The first-order valence-electron chi connectivity index (χ1n) is 5.60. The van der Waals surface area contributed by atoms with Crippen LogP contribution in [0.5, 0.6) is 0 Å². The van der Waals surface area contributed by atoms with Crippen molar-refractivity contribution in [1.29, 1.82) is 0 Å². The standard InChI is InChI=1S/C16H15N/c1-17(2)16-10-6-9-15(13-16)12-11-14-7-4-3-5-8-14/h3-10,13H,1-2H3. The molecule has 17 heavy (non-hydrogen) atoms. The van der Waals surface area contributed by atoms with Crippen LogP contribution >= 0.6 is 0 Å². The van der Waals surface area contributed by atoms with Crippen molar-refractivity contribution in [1.82, 2.24) is 0 Å². The third kappa shape index (κ3) is 3.12. The number of benzene rings is 2. The SMILES string of the molecule is CN(C)c1cccc(C#Cc2ccccc2)c1. The fourth-order valence-corrected chi connectivity index (χ4v) is 1.53. The molecule has 1 nitrogen and oxygen atoms in total. The van der Waals surface area contributed by atoms with Crippen molar-refractivity contribution in [3.05, 3.63) is 65.7 Å². The summed E-state index contributed by atoms with van der Waals surface area (Å²) in [5.74, 6) is 6.34. The summed E-state index contributed by atoms with van der Waals surface area (Å²) in [6, 6.07) is 18.3. The highest BCUT2D eigenvalue weighted by atomic mass is 15.1. The zero-order chi connectivity index (χ0) is 12.1. The van der Waals surface area contributed by atoms with E-state index in [4.69, 9.17) is 0 Å². The second kappa shape index (κ2) is 5.23. The summed E-state index contributed by atoms with van der Waals surface area (Å²) >= 11 is 0. The molecule has 0 atom stereocenters. The first kappa shape index (κ1) is 11.3. The zero-order valence-corrected chi connectivity index (χ0v) is 10.1. The molecule has 0 fully saturated rings. The summed E-state index contributed by atoms with van der Waals surface area (Å²) in [7, 11) is 4.06. The van der Waals surface area contributed by atoms with E-state index in [9.17, 15) is 0 Å². The number of rotatable bonds is 1. The van der Waals surface area contributed by atoms with Crippen LogP contribution in [0, 0.1) is 11.8 Å². The van der Waals surface area contributed by atoms with E-state index in [2.05, 4.69) is 28.9 Å². The van der Waals surface area contributed by atoms with Gasteiger partial charge in [-0.1, -0.05) is 36.1 Å². The van der Waals surface area contributed by atoms with Gasteiger partial charge in [0.1, 0.15) is 0 Å². The zero-order valence-electron chi connectivity index (χ0n) is 10.1. The van der Waals surface area contributed by atoms with E-state index in [1.807, 2.05) is 56.6 Å². The van der Waals surface area contributed by atoms with Crippen molar-refractivity contribution in [3.8, 4) is 11.8 Å². The van der Waals surface area contributed by atoms with Crippen LogP contribution in [-0.2, 0) is 0 Å². The van der Waals surface area contributed by atoms with Crippen LogP contribution in [-0.4, -0.2) is 14.1 Å². The van der Waals surface area contributed by atoms with Crippen LogP contribution in [0.25, 0.3) is 0 Å². The molecule has 0 N–H and O–H groups in total. The van der Waals surface area contributed by atoms with Crippen LogP contribution in [0.1, 0.15) is 11.1 Å². The minimum Gasteiger partial charge on any atom is -0.378 e. The lowest BCUT2D eigenvalue weighted by atomic mass is 10.1. The second-order valence-electron chi connectivity index (χ2n) is 4.06. The highest BCUT2D eigenvalue weighted by Crippen LogP contribution is 2.12. The van der Waals surface area contributed by atoms with Crippen LogP contribution < -0.4 is 4.90 Å². The van der Waals surface area contributed by atoms with Crippen LogP contribution in [0.2, 0.25) is 0 Å². The lowest BCUT2D eigenvalue weighted by Crippen LogP contribution is -2.08. The molecule has 84 valence electrons. The van der Waals surface area contributed by atoms with Crippen molar-refractivity contribution in [2.75, 3.05) is 19.0 Å². The Bertz CT molecular complexity index is 544. The van der Waals surface area contributed by atoms with Gasteiger partial charge in [-0.15, -0.1) is 0 Å². The maximum absolute atomic E-state index is 3.18. The average molecular weight is 221 g/mol. The Labute approximate surface area is 103 Å². The van der Waals surface area contributed by atoms with Gasteiger partial charge < -0.3 is 4.90 Å². The lowest BCUT2D eigenvalue weighted by Gasteiger charge is -2.11. The van der Waals surface area contributed by atoms with Crippen molar-refractivity contribution >= 4 is 5.69 Å². The van der Waals surface area contributed by atoms with Gasteiger partial charge in [0.2, 0.25) is 0 Å². The summed E-state index contributed by atoms with van der Waals surface area (Å²) in [5.41, 5.74) is 3.26. The Morgan fingerprint density at radius 3 is 2.12 bits per heavy atom. The number of anilines is 1. The molecular weight excluding hydrogens is 206 g/mol. The smallest absolute Gasteiger partial charge is 0.0373 e. The molecule has 0 saturated heterocycles. The highest BCUT2D eigenvalue weighted by molar-refractivity contribution is 5.52. The van der Waals surface area contributed by atoms with Crippen LogP contribution in [0.3, 0.4) is 0 Å². The summed E-state index contributed by atoms with van der Waals surface area (Å²) < 4.78 is 0. The summed E-state index contributed by atoms with van der Waals surface area (Å²) in [6.45, 7) is 0. The minimum absolute atomic E-state index is 1.04. The first-order valence-corrected chi connectivity index (χ1v) is 5.60. The fraction of sp³-hybridized carbons (Fsp3) is 0.125. The predicted octanol–water partition coefficient (Wildman–Crippen LogP) is 3.15. The molecule has 2 aromatic rings. The molecule has 0 saturated carbocycles. The van der Waals surface area contributed by atoms with E-state index in [0.717, 1.165) is 11.1 Å². The maximum atomic E-state index is 3.18. The molecule has 2 aromatic carbocycles. The lowest BCUT2D eigenvalue weighted by molar-refractivity contribution is 1.13. The van der Waals surface area contributed by atoms with Crippen molar-refractivity contribution in [2.45, 2.75) is 0 Å². The Balaban J connectivity index is 2.25. The normalized spacial score (nSPS) is 9.29. The summed E-state index contributed by atoms with van der Waals surface area (Å²) in [4.78, 5) is 2.08. The molecule has 0 heterocycles. The molecule has 0 bridgehead atoms. The Hall–Kier alpha value is -2.20. The molecule has 0 spiro atoms. The molecule has 0 aliphatic carbocycles. The van der Waals surface area contributed by atoms with E-state index in [1.165, 1.54) is 5.69 Å². The van der Waals surface area contributed by atoms with Gasteiger partial charge in [0.25, 0.3) is 0 Å². The van der Waals surface area contributed by atoms with Gasteiger partial charge in [0, 0.05) is 30.9 Å². The summed E-state index contributed by atoms with van der Waals surface area (Å²) in [5, 5.41) is 0. The van der Waals surface area contributed by atoms with Gasteiger partial charge in [-0.3, -0.25) is 0 Å². The fourth-order valence-electron chi connectivity index (χ4n) is 1.53. The third-order valence-corrected chi connectivity index (χ3v) is 2.49. The molecule has 0 amide bonds. The maximum Gasteiger partial charge on any atom is 0.0373 e. The van der Waals surface area contributed by atoms with Crippen LogP contribution in [0.4, 0.5) is 5.69 Å². The molecule has 0 unspecified atom stereocenters. The van der Waals surface area contributed by atoms with E-state index in [-0.39, 0.29) is 0 Å². The van der Waals surface area contributed by atoms with Gasteiger partial charge >= 0.3 is 0 Å². The molecule has 0 aliphatic rings. The van der Waals surface area contributed by atoms with Gasteiger partial charge in [0.05, 0.1) is 0 Å². The van der Waals surface area contributed by atoms with Crippen molar-refractivity contribution < 1.29 is 0 Å². The van der Waals surface area contributed by atoms with E-state index < -0.39 is 0 Å².